The van der Waals surface area contributed by atoms with E-state index in [0.29, 0.717) is 11.1 Å². The summed E-state index contributed by atoms with van der Waals surface area (Å²) in [6.45, 7) is 2.13. The molecule has 19 heavy (non-hydrogen) atoms. The second-order valence-corrected chi connectivity index (χ2v) is 5.53. The van der Waals surface area contributed by atoms with Crippen molar-refractivity contribution in [1.29, 1.82) is 0 Å². The minimum Gasteiger partial charge on any atom is -0.317 e. The number of unbranched alkanes of at least 4 members (excludes halogenated alkanes) is 1. The van der Waals surface area contributed by atoms with E-state index in [2.05, 4.69) is 17.2 Å². The van der Waals surface area contributed by atoms with Crippen LogP contribution in [-0.4, -0.2) is 23.8 Å². The Morgan fingerprint density at radius 2 is 2.05 bits per heavy atom. The van der Waals surface area contributed by atoms with E-state index < -0.39 is 11.7 Å². The van der Waals surface area contributed by atoms with Crippen molar-refractivity contribution in [1.82, 2.24) is 10.3 Å². The molecule has 0 radical (unpaired) electrons. The zero-order valence-corrected chi connectivity index (χ0v) is 11.9. The van der Waals surface area contributed by atoms with Crippen molar-refractivity contribution in [2.75, 3.05) is 12.8 Å². The first kappa shape index (κ1) is 16.3. The van der Waals surface area contributed by atoms with Crippen LogP contribution in [0.1, 0.15) is 31.7 Å². The lowest BCUT2D eigenvalue weighted by Gasteiger charge is -2.09. The molecule has 1 aromatic heterocycles. The van der Waals surface area contributed by atoms with Gasteiger partial charge < -0.3 is 5.32 Å². The van der Waals surface area contributed by atoms with E-state index >= 15 is 0 Å². The fourth-order valence-electron chi connectivity index (χ4n) is 1.51. The smallest absolute Gasteiger partial charge is 0.317 e. The number of nitrogens with one attached hydrogen (secondary N) is 1. The predicted octanol–water partition coefficient (Wildman–Crippen LogP) is 3.97. The van der Waals surface area contributed by atoms with Crippen molar-refractivity contribution in [2.45, 2.75) is 43.4 Å². The van der Waals surface area contributed by atoms with Gasteiger partial charge in [0.05, 0.1) is 10.6 Å². The maximum atomic E-state index is 12.3. The summed E-state index contributed by atoms with van der Waals surface area (Å²) in [4.78, 5) is 3.82. The highest BCUT2D eigenvalue weighted by Crippen LogP contribution is 2.29. The monoisotopic (exact) mass is 292 g/mol. The number of hydrogen-bond acceptors (Lipinski definition) is 3. The lowest BCUT2D eigenvalue weighted by atomic mass is 10.1. The number of aromatic nitrogens is 1. The molecule has 1 N–H and O–H groups in total. The number of rotatable bonds is 7. The standard InChI is InChI=1S/C13H19F3N2S/c1-10(17-2)5-3-4-8-19-12-7-6-11(9-18-12)13(14,15)16/h6-7,9-10,17H,3-5,8H2,1-2H3. The third-order valence-electron chi connectivity index (χ3n) is 2.84. The van der Waals surface area contributed by atoms with Crippen LogP contribution in [0.15, 0.2) is 23.4 Å². The Morgan fingerprint density at radius 1 is 1.32 bits per heavy atom. The summed E-state index contributed by atoms with van der Waals surface area (Å²) in [6, 6.07) is 3.02. The summed E-state index contributed by atoms with van der Waals surface area (Å²) in [6.07, 6.45) is -0.155. The Morgan fingerprint density at radius 3 is 2.58 bits per heavy atom. The summed E-state index contributed by atoms with van der Waals surface area (Å²) < 4.78 is 37.0. The van der Waals surface area contributed by atoms with Gasteiger partial charge in [-0.3, -0.25) is 0 Å². The van der Waals surface area contributed by atoms with Crippen LogP contribution in [0.3, 0.4) is 0 Å². The highest BCUT2D eigenvalue weighted by Gasteiger charge is 2.30. The Labute approximate surface area is 116 Å². The Bertz CT molecular complexity index is 365. The second-order valence-electron chi connectivity index (χ2n) is 4.42. The van der Waals surface area contributed by atoms with E-state index in [1.54, 1.807) is 0 Å². The molecule has 0 aromatic carbocycles. The molecule has 0 saturated carbocycles. The van der Waals surface area contributed by atoms with Gasteiger partial charge in [0.15, 0.2) is 0 Å². The lowest BCUT2D eigenvalue weighted by molar-refractivity contribution is -0.137. The number of hydrogen-bond donors (Lipinski definition) is 1. The quantitative estimate of drug-likeness (QED) is 0.608. The van der Waals surface area contributed by atoms with Crippen LogP contribution in [0.5, 0.6) is 0 Å². The Hall–Kier alpha value is -0.750. The molecule has 1 atom stereocenters. The van der Waals surface area contributed by atoms with E-state index in [0.717, 1.165) is 37.3 Å². The average molecular weight is 292 g/mol. The van der Waals surface area contributed by atoms with Crippen LogP contribution in [0.25, 0.3) is 0 Å². The molecule has 1 aromatic rings. The highest BCUT2D eigenvalue weighted by atomic mass is 32.2. The van der Waals surface area contributed by atoms with Crippen molar-refractivity contribution in [3.63, 3.8) is 0 Å². The highest BCUT2D eigenvalue weighted by molar-refractivity contribution is 7.99. The van der Waals surface area contributed by atoms with Gasteiger partial charge in [0.1, 0.15) is 0 Å². The molecule has 0 fully saturated rings. The van der Waals surface area contributed by atoms with Crippen molar-refractivity contribution < 1.29 is 13.2 Å². The third-order valence-corrected chi connectivity index (χ3v) is 3.87. The van der Waals surface area contributed by atoms with Crippen LogP contribution in [0.2, 0.25) is 0 Å². The molecule has 1 rings (SSSR count). The lowest BCUT2D eigenvalue weighted by Crippen LogP contribution is -2.20. The van der Waals surface area contributed by atoms with Crippen LogP contribution >= 0.6 is 11.8 Å². The summed E-state index contributed by atoms with van der Waals surface area (Å²) in [5.74, 6) is 0.884. The van der Waals surface area contributed by atoms with E-state index in [-0.39, 0.29) is 0 Å². The van der Waals surface area contributed by atoms with Crippen molar-refractivity contribution >= 4 is 11.8 Å². The number of thioether (sulfide) groups is 1. The molecule has 2 nitrogen and oxygen atoms in total. The Balaban J connectivity index is 2.27. The van der Waals surface area contributed by atoms with Crippen LogP contribution in [0.4, 0.5) is 13.2 Å². The number of halogens is 3. The van der Waals surface area contributed by atoms with Gasteiger partial charge in [-0.15, -0.1) is 11.8 Å². The molecular weight excluding hydrogens is 273 g/mol. The number of nitrogens with zero attached hydrogens (tertiary/aromatic N) is 1. The molecule has 0 amide bonds. The Kier molecular flexibility index (Phi) is 6.65. The normalized spacial score (nSPS) is 13.5. The molecule has 0 aliphatic rings. The fourth-order valence-corrected chi connectivity index (χ4v) is 2.36. The van der Waals surface area contributed by atoms with E-state index in [4.69, 9.17) is 0 Å². The van der Waals surface area contributed by atoms with Gasteiger partial charge in [-0.2, -0.15) is 13.2 Å². The van der Waals surface area contributed by atoms with Gasteiger partial charge in [0.25, 0.3) is 0 Å². The van der Waals surface area contributed by atoms with Gasteiger partial charge in [-0.05, 0) is 44.7 Å². The molecule has 0 saturated heterocycles. The first-order chi connectivity index (χ1) is 8.93. The van der Waals surface area contributed by atoms with Gasteiger partial charge >= 0.3 is 6.18 Å². The first-order valence-corrected chi connectivity index (χ1v) is 7.25. The average Bonchev–Trinajstić information content (AvgIpc) is 2.37. The zero-order chi connectivity index (χ0) is 14.3. The van der Waals surface area contributed by atoms with Gasteiger partial charge in [-0.1, -0.05) is 6.42 Å². The maximum absolute atomic E-state index is 12.3. The summed E-state index contributed by atoms with van der Waals surface area (Å²) in [7, 11) is 1.94. The summed E-state index contributed by atoms with van der Waals surface area (Å²) >= 11 is 1.50. The molecule has 0 bridgehead atoms. The van der Waals surface area contributed by atoms with Gasteiger partial charge in [0, 0.05) is 12.2 Å². The van der Waals surface area contributed by atoms with E-state index in [9.17, 15) is 13.2 Å². The topological polar surface area (TPSA) is 24.9 Å². The molecule has 1 heterocycles. The van der Waals surface area contributed by atoms with E-state index in [1.165, 1.54) is 17.8 Å². The van der Waals surface area contributed by atoms with Crippen LogP contribution < -0.4 is 5.32 Å². The molecular formula is C13H19F3N2S. The zero-order valence-electron chi connectivity index (χ0n) is 11.1. The maximum Gasteiger partial charge on any atom is 0.417 e. The predicted molar refractivity (Wildman–Crippen MR) is 72.3 cm³/mol. The minimum absolute atomic E-state index is 0.509. The fraction of sp³-hybridized carbons (Fsp3) is 0.615. The largest absolute Gasteiger partial charge is 0.417 e. The van der Waals surface area contributed by atoms with Crippen molar-refractivity contribution in [3.8, 4) is 0 Å². The first-order valence-electron chi connectivity index (χ1n) is 6.27. The number of pyridine rings is 1. The van der Waals surface area contributed by atoms with Crippen molar-refractivity contribution in [3.05, 3.63) is 23.9 Å². The third kappa shape index (κ3) is 6.29. The van der Waals surface area contributed by atoms with E-state index in [1.807, 2.05) is 7.05 Å². The van der Waals surface area contributed by atoms with Crippen LogP contribution in [0, 0.1) is 0 Å². The minimum atomic E-state index is -4.31. The second kappa shape index (κ2) is 7.75. The molecule has 0 aliphatic heterocycles. The summed E-state index contributed by atoms with van der Waals surface area (Å²) in [5.41, 5.74) is -0.695. The van der Waals surface area contributed by atoms with Crippen molar-refractivity contribution in [2.24, 2.45) is 0 Å². The summed E-state index contributed by atoms with van der Waals surface area (Å²) in [5, 5.41) is 3.82. The van der Waals surface area contributed by atoms with Crippen LogP contribution in [-0.2, 0) is 6.18 Å². The molecule has 0 spiro atoms. The van der Waals surface area contributed by atoms with Gasteiger partial charge in [-0.25, -0.2) is 4.98 Å². The number of alkyl halides is 3. The molecule has 6 heteroatoms. The van der Waals surface area contributed by atoms with Gasteiger partial charge in [0.2, 0.25) is 0 Å². The SMILES string of the molecule is CNC(C)CCCCSc1ccc(C(F)(F)F)cn1. The molecule has 0 aliphatic carbocycles. The molecule has 1 unspecified atom stereocenters. The molecule has 108 valence electrons.